The summed E-state index contributed by atoms with van der Waals surface area (Å²) in [6.07, 6.45) is 6.78. The molecular formula is C18H15N2Y-. The number of pyridine rings is 2. The summed E-state index contributed by atoms with van der Waals surface area (Å²) in [5, 5.41) is 0. The predicted molar refractivity (Wildman–Crippen MR) is 78.7 cm³/mol. The van der Waals surface area contributed by atoms with E-state index < -0.39 is 0 Å². The molecule has 0 aliphatic heterocycles. The Labute approximate surface area is 150 Å². The van der Waals surface area contributed by atoms with Gasteiger partial charge in [0.05, 0.1) is 0 Å². The molecule has 0 aliphatic carbocycles. The molecule has 3 rings (SSSR count). The maximum atomic E-state index is 4.04. The van der Waals surface area contributed by atoms with Gasteiger partial charge < -0.3 is 4.98 Å². The average molecular weight is 348 g/mol. The molecule has 0 aliphatic rings. The first-order valence-corrected chi connectivity index (χ1v) is 6.57. The Balaban J connectivity index is 0.00000161. The van der Waals surface area contributed by atoms with Crippen LogP contribution in [0.15, 0.2) is 54.9 Å². The number of aryl methyl sites for hydroxylation is 2. The van der Waals surface area contributed by atoms with Gasteiger partial charge in [-0.05, 0) is 5.56 Å². The quantitative estimate of drug-likeness (QED) is 0.514. The second-order valence-electron chi connectivity index (χ2n) is 4.77. The van der Waals surface area contributed by atoms with Gasteiger partial charge in [-0.25, -0.2) is 15.7 Å². The number of aromatic nitrogens is 2. The van der Waals surface area contributed by atoms with E-state index >= 15 is 0 Å². The largest absolute Gasteiger partial charge is 0.371 e. The molecule has 2 aromatic heterocycles. The van der Waals surface area contributed by atoms with Gasteiger partial charge in [0.15, 0.2) is 11.9 Å². The van der Waals surface area contributed by atoms with E-state index in [0.717, 1.165) is 16.7 Å². The van der Waals surface area contributed by atoms with E-state index in [0.29, 0.717) is 0 Å². The molecule has 0 atom stereocenters. The maximum Gasteiger partial charge on any atom is 0.171 e. The summed E-state index contributed by atoms with van der Waals surface area (Å²) in [6.45, 7) is 2.09. The Hall–Kier alpha value is -1.38. The fraction of sp³-hybridized carbons (Fsp3) is 0.111. The first-order valence-electron chi connectivity index (χ1n) is 6.57. The minimum atomic E-state index is 0. The van der Waals surface area contributed by atoms with Crippen LogP contribution < -0.4 is 4.57 Å². The van der Waals surface area contributed by atoms with Gasteiger partial charge in [-0.1, -0.05) is 25.4 Å². The summed E-state index contributed by atoms with van der Waals surface area (Å²) >= 11 is 0. The number of nitrogens with zero attached hydrogens (tertiary/aromatic N) is 2. The Morgan fingerprint density at radius 3 is 2.52 bits per heavy atom. The molecule has 0 saturated carbocycles. The fourth-order valence-corrected chi connectivity index (χ4v) is 2.32. The number of rotatable bonds is 2. The predicted octanol–water partition coefficient (Wildman–Crippen LogP) is 3.15. The molecule has 1 aromatic carbocycles. The van der Waals surface area contributed by atoms with Crippen LogP contribution in [0.5, 0.6) is 0 Å². The van der Waals surface area contributed by atoms with Crippen molar-refractivity contribution in [2.75, 3.05) is 0 Å². The Kier molecular flexibility index (Phi) is 5.38. The van der Waals surface area contributed by atoms with Gasteiger partial charge in [-0.3, -0.25) is 0 Å². The third-order valence-corrected chi connectivity index (χ3v) is 3.37. The first kappa shape index (κ1) is 16.0. The van der Waals surface area contributed by atoms with Gasteiger partial charge in [0.25, 0.3) is 0 Å². The number of benzene rings is 1. The fourth-order valence-electron chi connectivity index (χ4n) is 2.32. The molecule has 3 aromatic rings. The van der Waals surface area contributed by atoms with Crippen molar-refractivity contribution in [1.82, 2.24) is 4.98 Å². The third kappa shape index (κ3) is 3.45. The van der Waals surface area contributed by atoms with Crippen LogP contribution in [0.1, 0.15) is 5.56 Å². The molecule has 0 spiro atoms. The molecule has 21 heavy (non-hydrogen) atoms. The Bertz CT molecular complexity index is 739. The van der Waals surface area contributed by atoms with E-state index in [1.807, 2.05) is 18.2 Å². The molecule has 101 valence electrons. The van der Waals surface area contributed by atoms with Crippen molar-refractivity contribution in [3.8, 4) is 22.4 Å². The zero-order chi connectivity index (χ0) is 13.9. The maximum absolute atomic E-state index is 4.04. The molecule has 0 unspecified atom stereocenters. The van der Waals surface area contributed by atoms with Crippen LogP contribution in [0.25, 0.3) is 22.4 Å². The van der Waals surface area contributed by atoms with Crippen LogP contribution in [0.3, 0.4) is 0 Å². The summed E-state index contributed by atoms with van der Waals surface area (Å²) in [5.74, 6) is 0. The normalized spacial score (nSPS) is 10.0. The SMILES string of the molecule is Cc1[c-]c(-c2[c-]nccc2)ccc1-c1cccc[n+]1C.[Y]. The minimum absolute atomic E-state index is 0. The van der Waals surface area contributed by atoms with E-state index in [4.69, 9.17) is 0 Å². The van der Waals surface area contributed by atoms with Gasteiger partial charge in [0.1, 0.15) is 7.05 Å². The van der Waals surface area contributed by atoms with Crippen molar-refractivity contribution in [3.63, 3.8) is 0 Å². The molecule has 1 radical (unpaired) electrons. The van der Waals surface area contributed by atoms with Crippen LogP contribution in [0, 0.1) is 19.2 Å². The first-order chi connectivity index (χ1) is 9.75. The summed E-state index contributed by atoms with van der Waals surface area (Å²) < 4.78 is 2.12. The monoisotopic (exact) mass is 348 g/mol. The molecule has 0 amide bonds. The van der Waals surface area contributed by atoms with E-state index in [-0.39, 0.29) is 32.7 Å². The zero-order valence-electron chi connectivity index (χ0n) is 12.2. The van der Waals surface area contributed by atoms with Crippen molar-refractivity contribution in [2.45, 2.75) is 6.92 Å². The van der Waals surface area contributed by atoms with Crippen LogP contribution in [-0.2, 0) is 39.8 Å². The van der Waals surface area contributed by atoms with E-state index in [1.54, 1.807) is 6.20 Å². The van der Waals surface area contributed by atoms with Crippen molar-refractivity contribution >= 4 is 0 Å². The van der Waals surface area contributed by atoms with Crippen LogP contribution >= 0.6 is 0 Å². The average Bonchev–Trinajstić information content (AvgIpc) is 2.49. The summed E-state index contributed by atoms with van der Waals surface area (Å²) in [6, 6.07) is 17.8. The summed E-state index contributed by atoms with van der Waals surface area (Å²) in [5.41, 5.74) is 5.50. The van der Waals surface area contributed by atoms with Gasteiger partial charge in [0.2, 0.25) is 0 Å². The van der Waals surface area contributed by atoms with E-state index in [2.05, 4.69) is 66.2 Å². The van der Waals surface area contributed by atoms with Gasteiger partial charge in [-0.15, -0.1) is 17.7 Å². The topological polar surface area (TPSA) is 16.8 Å². The zero-order valence-corrected chi connectivity index (χ0v) is 15.0. The minimum Gasteiger partial charge on any atom is -0.371 e. The van der Waals surface area contributed by atoms with Crippen molar-refractivity contribution in [2.24, 2.45) is 7.05 Å². The van der Waals surface area contributed by atoms with Crippen molar-refractivity contribution < 1.29 is 37.3 Å². The van der Waals surface area contributed by atoms with Crippen LogP contribution in [0.2, 0.25) is 0 Å². The molecule has 0 saturated heterocycles. The molecule has 2 heterocycles. The molecule has 2 nitrogen and oxygen atoms in total. The molecular weight excluding hydrogens is 333 g/mol. The van der Waals surface area contributed by atoms with Gasteiger partial charge in [0, 0.05) is 44.8 Å². The second kappa shape index (κ2) is 7.06. The van der Waals surface area contributed by atoms with Crippen LogP contribution in [-0.4, -0.2) is 4.98 Å². The Morgan fingerprint density at radius 2 is 1.86 bits per heavy atom. The molecule has 3 heteroatoms. The smallest absolute Gasteiger partial charge is 0.171 e. The third-order valence-electron chi connectivity index (χ3n) is 3.37. The summed E-state index contributed by atoms with van der Waals surface area (Å²) in [4.78, 5) is 4.04. The second-order valence-corrected chi connectivity index (χ2v) is 4.77. The summed E-state index contributed by atoms with van der Waals surface area (Å²) in [7, 11) is 2.05. The van der Waals surface area contributed by atoms with Gasteiger partial charge >= 0.3 is 0 Å². The number of hydrogen-bond acceptors (Lipinski definition) is 1. The van der Waals surface area contributed by atoms with Crippen molar-refractivity contribution in [3.05, 3.63) is 72.7 Å². The molecule has 0 fully saturated rings. The van der Waals surface area contributed by atoms with Crippen LogP contribution in [0.4, 0.5) is 0 Å². The number of hydrogen-bond donors (Lipinski definition) is 0. The molecule has 0 N–H and O–H groups in total. The van der Waals surface area contributed by atoms with Gasteiger partial charge in [-0.2, -0.15) is 18.2 Å². The van der Waals surface area contributed by atoms with E-state index in [9.17, 15) is 0 Å². The van der Waals surface area contributed by atoms with Crippen molar-refractivity contribution in [1.29, 1.82) is 0 Å². The Morgan fingerprint density at radius 1 is 1.00 bits per heavy atom. The van der Waals surface area contributed by atoms with E-state index in [1.165, 1.54) is 11.3 Å². The molecule has 0 bridgehead atoms. The standard InChI is InChI=1S/C18H15N2.Y/c1-14-12-15(16-6-5-10-19-13-16)8-9-17(14)18-7-3-4-11-20(18)2;/h3-11H,1-2H3;/q-1;.